The van der Waals surface area contributed by atoms with Gasteiger partial charge in [0.25, 0.3) is 0 Å². The number of carbonyl (C=O) groups excluding carboxylic acids is 1. The lowest BCUT2D eigenvalue weighted by Crippen LogP contribution is -2.14. The molecule has 3 rings (SSSR count). The zero-order valence-electron chi connectivity index (χ0n) is 10.7. The van der Waals surface area contributed by atoms with E-state index < -0.39 is 0 Å². The van der Waals surface area contributed by atoms with Crippen LogP contribution in [0.2, 0.25) is 0 Å². The van der Waals surface area contributed by atoms with E-state index in [0.29, 0.717) is 6.42 Å². The van der Waals surface area contributed by atoms with Crippen LogP contribution in [0.5, 0.6) is 0 Å². The lowest BCUT2D eigenvalue weighted by Gasteiger charge is -2.04. The maximum Gasteiger partial charge on any atom is 0.228 e. The highest BCUT2D eigenvalue weighted by molar-refractivity contribution is 14.1. The molecule has 100 valence electrons. The van der Waals surface area contributed by atoms with Crippen LogP contribution >= 0.6 is 22.6 Å². The molecule has 0 aliphatic heterocycles. The number of carbonyl (C=O) groups is 1. The SMILES string of the molecule is O=C(Cc1c[nH]c2ccccc12)Nc1ccc(I)cc1. The van der Waals surface area contributed by atoms with Gasteiger partial charge >= 0.3 is 0 Å². The van der Waals surface area contributed by atoms with E-state index in [2.05, 4.69) is 32.9 Å². The van der Waals surface area contributed by atoms with Crippen LogP contribution in [0.3, 0.4) is 0 Å². The third-order valence-corrected chi connectivity index (χ3v) is 3.87. The fourth-order valence-corrected chi connectivity index (χ4v) is 2.55. The Morgan fingerprint density at radius 3 is 2.65 bits per heavy atom. The third kappa shape index (κ3) is 2.85. The molecule has 0 radical (unpaired) electrons. The summed E-state index contributed by atoms with van der Waals surface area (Å²) >= 11 is 2.24. The monoisotopic (exact) mass is 376 g/mol. The number of aromatic nitrogens is 1. The van der Waals surface area contributed by atoms with Crippen molar-refractivity contribution in [2.45, 2.75) is 6.42 Å². The number of para-hydroxylation sites is 1. The molecule has 3 nitrogen and oxygen atoms in total. The van der Waals surface area contributed by atoms with E-state index in [4.69, 9.17) is 0 Å². The predicted octanol–water partition coefficient (Wildman–Crippen LogP) is 3.95. The quantitative estimate of drug-likeness (QED) is 0.668. The van der Waals surface area contributed by atoms with Crippen LogP contribution in [0.1, 0.15) is 5.56 Å². The molecule has 4 heteroatoms. The minimum Gasteiger partial charge on any atom is -0.361 e. The Labute approximate surface area is 130 Å². The minimum atomic E-state index is -0.00374. The summed E-state index contributed by atoms with van der Waals surface area (Å²) in [5.41, 5.74) is 2.91. The Morgan fingerprint density at radius 1 is 1.10 bits per heavy atom. The molecular weight excluding hydrogens is 363 g/mol. The van der Waals surface area contributed by atoms with Crippen molar-refractivity contribution in [3.63, 3.8) is 0 Å². The van der Waals surface area contributed by atoms with Crippen LogP contribution in [0.25, 0.3) is 10.9 Å². The fraction of sp³-hybridized carbons (Fsp3) is 0.0625. The average Bonchev–Trinajstić information content (AvgIpc) is 2.85. The number of halogens is 1. The second-order valence-electron chi connectivity index (χ2n) is 4.59. The first-order valence-electron chi connectivity index (χ1n) is 6.33. The Hall–Kier alpha value is -1.82. The van der Waals surface area contributed by atoms with Crippen molar-refractivity contribution in [2.24, 2.45) is 0 Å². The van der Waals surface area contributed by atoms with Gasteiger partial charge in [-0.25, -0.2) is 0 Å². The van der Waals surface area contributed by atoms with Crippen LogP contribution < -0.4 is 5.32 Å². The number of fused-ring (bicyclic) bond motifs is 1. The van der Waals surface area contributed by atoms with Gasteiger partial charge in [-0.2, -0.15) is 0 Å². The maximum atomic E-state index is 12.1. The Balaban J connectivity index is 1.74. The molecule has 0 aliphatic rings. The molecule has 1 heterocycles. The predicted molar refractivity (Wildman–Crippen MR) is 89.8 cm³/mol. The molecule has 0 saturated heterocycles. The summed E-state index contributed by atoms with van der Waals surface area (Å²) < 4.78 is 1.15. The van der Waals surface area contributed by atoms with E-state index >= 15 is 0 Å². The lowest BCUT2D eigenvalue weighted by atomic mass is 10.1. The molecule has 0 saturated carbocycles. The number of rotatable bonds is 3. The van der Waals surface area contributed by atoms with Crippen LogP contribution in [-0.2, 0) is 11.2 Å². The van der Waals surface area contributed by atoms with Gasteiger partial charge < -0.3 is 10.3 Å². The zero-order chi connectivity index (χ0) is 13.9. The zero-order valence-corrected chi connectivity index (χ0v) is 12.8. The molecule has 2 aromatic carbocycles. The van der Waals surface area contributed by atoms with Gasteiger partial charge in [0.05, 0.1) is 6.42 Å². The summed E-state index contributed by atoms with van der Waals surface area (Å²) in [6.45, 7) is 0. The lowest BCUT2D eigenvalue weighted by molar-refractivity contribution is -0.115. The number of benzene rings is 2. The van der Waals surface area contributed by atoms with Crippen molar-refractivity contribution in [3.05, 3.63) is 63.9 Å². The van der Waals surface area contributed by atoms with Gasteiger partial charge in [-0.1, -0.05) is 18.2 Å². The first-order valence-corrected chi connectivity index (χ1v) is 7.41. The van der Waals surface area contributed by atoms with Crippen LogP contribution in [0.15, 0.2) is 54.7 Å². The molecule has 1 amide bonds. The topological polar surface area (TPSA) is 44.9 Å². The number of H-pyrrole nitrogens is 1. The van der Waals surface area contributed by atoms with Gasteiger partial charge in [0.1, 0.15) is 0 Å². The van der Waals surface area contributed by atoms with Crippen molar-refractivity contribution < 1.29 is 4.79 Å². The van der Waals surface area contributed by atoms with Crippen LogP contribution in [0.4, 0.5) is 5.69 Å². The first-order chi connectivity index (χ1) is 9.72. The standard InChI is InChI=1S/C16H13IN2O/c17-12-5-7-13(8-6-12)19-16(20)9-11-10-18-15-4-2-1-3-14(11)15/h1-8,10,18H,9H2,(H,19,20). The fourth-order valence-electron chi connectivity index (χ4n) is 2.19. The number of hydrogen-bond donors (Lipinski definition) is 2. The van der Waals surface area contributed by atoms with E-state index in [0.717, 1.165) is 25.7 Å². The summed E-state index contributed by atoms with van der Waals surface area (Å²) in [4.78, 5) is 15.3. The Bertz CT molecular complexity index is 747. The summed E-state index contributed by atoms with van der Waals surface area (Å²) in [6.07, 6.45) is 2.27. The molecule has 0 unspecified atom stereocenters. The maximum absolute atomic E-state index is 12.1. The van der Waals surface area contributed by atoms with E-state index in [1.807, 2.05) is 54.7 Å². The van der Waals surface area contributed by atoms with Gasteiger partial charge in [0.2, 0.25) is 5.91 Å². The molecule has 20 heavy (non-hydrogen) atoms. The second kappa shape index (κ2) is 5.66. The average molecular weight is 376 g/mol. The van der Waals surface area contributed by atoms with E-state index in [1.54, 1.807) is 0 Å². The van der Waals surface area contributed by atoms with Crippen molar-refractivity contribution in [1.82, 2.24) is 4.98 Å². The van der Waals surface area contributed by atoms with Gasteiger partial charge in [-0.15, -0.1) is 0 Å². The Kier molecular flexibility index (Phi) is 3.73. The molecule has 2 N–H and O–H groups in total. The van der Waals surface area contributed by atoms with E-state index in [-0.39, 0.29) is 5.91 Å². The Morgan fingerprint density at radius 2 is 1.85 bits per heavy atom. The second-order valence-corrected chi connectivity index (χ2v) is 5.84. The van der Waals surface area contributed by atoms with Crippen molar-refractivity contribution in [3.8, 4) is 0 Å². The molecule has 3 aromatic rings. The summed E-state index contributed by atoms with van der Waals surface area (Å²) in [7, 11) is 0. The molecule has 0 atom stereocenters. The number of nitrogens with one attached hydrogen (secondary N) is 2. The summed E-state index contributed by atoms with van der Waals surface area (Å²) in [5, 5.41) is 4.02. The minimum absolute atomic E-state index is 0.00374. The van der Waals surface area contributed by atoms with E-state index in [9.17, 15) is 4.79 Å². The molecule has 0 aliphatic carbocycles. The highest BCUT2D eigenvalue weighted by atomic mass is 127. The van der Waals surface area contributed by atoms with Crippen LogP contribution in [0, 0.1) is 3.57 Å². The van der Waals surface area contributed by atoms with Crippen LogP contribution in [-0.4, -0.2) is 10.9 Å². The molecule has 1 aromatic heterocycles. The molecule has 0 spiro atoms. The molecule has 0 fully saturated rings. The smallest absolute Gasteiger partial charge is 0.228 e. The third-order valence-electron chi connectivity index (χ3n) is 3.15. The largest absolute Gasteiger partial charge is 0.361 e. The van der Waals surface area contributed by atoms with Gasteiger partial charge in [-0.3, -0.25) is 4.79 Å². The number of anilines is 1. The highest BCUT2D eigenvalue weighted by Crippen LogP contribution is 2.19. The normalized spacial score (nSPS) is 10.7. The molecular formula is C16H13IN2O. The first kappa shape index (κ1) is 13.2. The van der Waals surface area contributed by atoms with E-state index in [1.165, 1.54) is 0 Å². The number of aromatic amines is 1. The highest BCUT2D eigenvalue weighted by Gasteiger charge is 2.08. The number of hydrogen-bond acceptors (Lipinski definition) is 1. The molecule has 0 bridgehead atoms. The van der Waals surface area contributed by atoms with Crippen molar-refractivity contribution >= 4 is 45.1 Å². The number of amides is 1. The van der Waals surface area contributed by atoms with Crippen molar-refractivity contribution in [1.29, 1.82) is 0 Å². The summed E-state index contributed by atoms with van der Waals surface area (Å²) in [6, 6.07) is 15.8. The van der Waals surface area contributed by atoms with Gasteiger partial charge in [-0.05, 0) is 58.5 Å². The van der Waals surface area contributed by atoms with Crippen molar-refractivity contribution in [2.75, 3.05) is 5.32 Å². The van der Waals surface area contributed by atoms with Gasteiger partial charge in [0, 0.05) is 26.4 Å². The van der Waals surface area contributed by atoms with Gasteiger partial charge in [0.15, 0.2) is 0 Å². The summed E-state index contributed by atoms with van der Waals surface area (Å²) in [5.74, 6) is -0.00374.